The van der Waals surface area contributed by atoms with E-state index >= 15 is 0 Å². The molecule has 0 atom stereocenters. The van der Waals surface area contributed by atoms with Crippen LogP contribution in [0.25, 0.3) is 0 Å². The molecule has 0 aliphatic heterocycles. The maximum atomic E-state index is 6.06. The minimum absolute atomic E-state index is 0.394. The molecule has 0 spiro atoms. The van der Waals surface area contributed by atoms with Gasteiger partial charge in [-0.25, -0.2) is 0 Å². The van der Waals surface area contributed by atoms with Crippen LogP contribution in [0.1, 0.15) is 10.6 Å². The Morgan fingerprint density at radius 1 is 1.30 bits per heavy atom. The quantitative estimate of drug-likeness (QED) is 0.759. The molecule has 1 N–H and O–H groups in total. The Morgan fingerprint density at radius 3 is 2.95 bits per heavy atom. The lowest BCUT2D eigenvalue weighted by atomic mass is 10.2. The van der Waals surface area contributed by atoms with Gasteiger partial charge < -0.3 is 14.8 Å². The highest BCUT2D eigenvalue weighted by molar-refractivity contribution is 7.13. The summed E-state index contributed by atoms with van der Waals surface area (Å²) < 4.78 is 10.5. The van der Waals surface area contributed by atoms with E-state index in [0.717, 1.165) is 17.1 Å². The van der Waals surface area contributed by atoms with Crippen molar-refractivity contribution in [2.75, 3.05) is 20.3 Å². The summed E-state index contributed by atoms with van der Waals surface area (Å²) in [6.07, 6.45) is 0. The molecule has 0 aliphatic rings. The van der Waals surface area contributed by atoms with Gasteiger partial charge in [0, 0.05) is 30.8 Å². The minimum Gasteiger partial charge on any atom is -0.464 e. The normalized spacial score (nSPS) is 10.7. The van der Waals surface area contributed by atoms with Crippen LogP contribution in [0.2, 0.25) is 5.02 Å². The Kier molecular flexibility index (Phi) is 6.20. The standard InChI is InChI=1S/C13H16ClN3O2S/c1-18-7-6-15-8-12-16-17-13(20-12)19-9-10-4-2-3-5-11(10)14/h2-5,15H,6-9H2,1H3. The summed E-state index contributed by atoms with van der Waals surface area (Å²) in [5.41, 5.74) is 0.934. The highest BCUT2D eigenvalue weighted by Crippen LogP contribution is 2.21. The number of nitrogens with zero attached hydrogens (tertiary/aromatic N) is 2. The fourth-order valence-corrected chi connectivity index (χ4v) is 2.34. The number of benzene rings is 1. The van der Waals surface area contributed by atoms with Gasteiger partial charge in [-0.3, -0.25) is 0 Å². The van der Waals surface area contributed by atoms with Crippen molar-refractivity contribution in [2.24, 2.45) is 0 Å². The van der Waals surface area contributed by atoms with E-state index in [1.165, 1.54) is 11.3 Å². The highest BCUT2D eigenvalue weighted by Gasteiger charge is 2.06. The molecule has 0 radical (unpaired) electrons. The average molecular weight is 314 g/mol. The van der Waals surface area contributed by atoms with E-state index < -0.39 is 0 Å². The zero-order valence-corrected chi connectivity index (χ0v) is 12.7. The van der Waals surface area contributed by atoms with Crippen molar-refractivity contribution in [1.29, 1.82) is 0 Å². The summed E-state index contributed by atoms with van der Waals surface area (Å²) in [6, 6.07) is 7.58. The molecule has 20 heavy (non-hydrogen) atoms. The maximum Gasteiger partial charge on any atom is 0.294 e. The van der Waals surface area contributed by atoms with E-state index in [9.17, 15) is 0 Å². The summed E-state index contributed by atoms with van der Waals surface area (Å²) in [6.45, 7) is 2.52. The van der Waals surface area contributed by atoms with E-state index in [4.69, 9.17) is 21.1 Å². The molecule has 1 aromatic heterocycles. The molecule has 5 nitrogen and oxygen atoms in total. The van der Waals surface area contributed by atoms with Gasteiger partial charge in [-0.15, -0.1) is 5.10 Å². The summed E-state index contributed by atoms with van der Waals surface area (Å²) in [7, 11) is 1.67. The first-order chi connectivity index (χ1) is 9.79. The first-order valence-electron chi connectivity index (χ1n) is 6.18. The third kappa shape index (κ3) is 4.72. The van der Waals surface area contributed by atoms with Gasteiger partial charge in [-0.1, -0.05) is 46.2 Å². The van der Waals surface area contributed by atoms with Gasteiger partial charge in [0.1, 0.15) is 11.6 Å². The zero-order valence-electron chi connectivity index (χ0n) is 11.1. The predicted octanol–water partition coefficient (Wildman–Crippen LogP) is 2.51. The molecular weight excluding hydrogens is 298 g/mol. The Balaban J connectivity index is 1.79. The van der Waals surface area contributed by atoms with Crippen LogP contribution in [-0.4, -0.2) is 30.5 Å². The van der Waals surface area contributed by atoms with Crippen molar-refractivity contribution in [3.05, 3.63) is 39.9 Å². The highest BCUT2D eigenvalue weighted by atomic mass is 35.5. The van der Waals surface area contributed by atoms with Crippen molar-refractivity contribution >= 4 is 22.9 Å². The van der Waals surface area contributed by atoms with Crippen LogP contribution in [0, 0.1) is 0 Å². The van der Waals surface area contributed by atoms with Gasteiger partial charge in [0.15, 0.2) is 0 Å². The van der Waals surface area contributed by atoms with Crippen LogP contribution in [0.15, 0.2) is 24.3 Å². The number of ether oxygens (including phenoxy) is 2. The molecule has 2 aromatic rings. The Morgan fingerprint density at radius 2 is 2.15 bits per heavy atom. The molecule has 7 heteroatoms. The van der Waals surface area contributed by atoms with E-state index in [1.54, 1.807) is 7.11 Å². The van der Waals surface area contributed by atoms with E-state index in [-0.39, 0.29) is 0 Å². The Bertz CT molecular complexity index is 536. The smallest absolute Gasteiger partial charge is 0.294 e. The second-order valence-electron chi connectivity index (χ2n) is 4.01. The molecule has 0 saturated carbocycles. The van der Waals surface area contributed by atoms with Crippen molar-refractivity contribution < 1.29 is 9.47 Å². The summed E-state index contributed by atoms with van der Waals surface area (Å²) >= 11 is 7.48. The van der Waals surface area contributed by atoms with Gasteiger partial charge in [-0.05, 0) is 6.07 Å². The molecule has 0 amide bonds. The van der Waals surface area contributed by atoms with Crippen molar-refractivity contribution in [2.45, 2.75) is 13.2 Å². The Labute approximate surface area is 126 Å². The average Bonchev–Trinajstić information content (AvgIpc) is 2.91. The third-order valence-corrected chi connectivity index (χ3v) is 3.72. The number of hydrogen-bond donors (Lipinski definition) is 1. The molecule has 0 aliphatic carbocycles. The number of rotatable bonds is 8. The molecule has 1 heterocycles. The zero-order chi connectivity index (χ0) is 14.2. The molecule has 1 aromatic carbocycles. The maximum absolute atomic E-state index is 6.06. The number of nitrogens with one attached hydrogen (secondary N) is 1. The van der Waals surface area contributed by atoms with Gasteiger partial charge in [0.25, 0.3) is 5.19 Å². The van der Waals surface area contributed by atoms with Gasteiger partial charge in [0.2, 0.25) is 0 Å². The van der Waals surface area contributed by atoms with Crippen molar-refractivity contribution in [3.8, 4) is 5.19 Å². The molecule has 0 bridgehead atoms. The number of hydrogen-bond acceptors (Lipinski definition) is 6. The topological polar surface area (TPSA) is 56.3 Å². The van der Waals surface area contributed by atoms with Crippen molar-refractivity contribution in [1.82, 2.24) is 15.5 Å². The van der Waals surface area contributed by atoms with Gasteiger partial charge in [0.05, 0.1) is 6.61 Å². The van der Waals surface area contributed by atoms with Gasteiger partial charge >= 0.3 is 0 Å². The lowest BCUT2D eigenvalue weighted by Gasteiger charge is -2.03. The predicted molar refractivity (Wildman–Crippen MR) is 79.3 cm³/mol. The lowest BCUT2D eigenvalue weighted by Crippen LogP contribution is -2.18. The van der Waals surface area contributed by atoms with Crippen LogP contribution in [0.4, 0.5) is 0 Å². The first kappa shape index (κ1) is 15.2. The molecule has 108 valence electrons. The lowest BCUT2D eigenvalue weighted by molar-refractivity contribution is 0.199. The second-order valence-corrected chi connectivity index (χ2v) is 5.44. The molecule has 2 rings (SSSR count). The monoisotopic (exact) mass is 313 g/mol. The second kappa shape index (κ2) is 8.16. The SMILES string of the molecule is COCCNCc1nnc(OCc2ccccc2Cl)s1. The summed E-state index contributed by atoms with van der Waals surface area (Å²) in [5, 5.41) is 13.4. The van der Waals surface area contributed by atoms with Crippen molar-refractivity contribution in [3.63, 3.8) is 0 Å². The van der Waals surface area contributed by atoms with E-state index in [2.05, 4.69) is 15.5 Å². The third-order valence-electron chi connectivity index (χ3n) is 2.52. The largest absolute Gasteiger partial charge is 0.464 e. The van der Waals surface area contributed by atoms with Crippen LogP contribution < -0.4 is 10.1 Å². The van der Waals surface area contributed by atoms with Gasteiger partial charge in [-0.2, -0.15) is 0 Å². The number of aromatic nitrogens is 2. The number of halogens is 1. The molecular formula is C13H16ClN3O2S. The first-order valence-corrected chi connectivity index (χ1v) is 7.37. The summed E-state index contributed by atoms with van der Waals surface area (Å²) in [5.74, 6) is 0. The van der Waals surface area contributed by atoms with E-state index in [1.807, 2.05) is 24.3 Å². The van der Waals surface area contributed by atoms with E-state index in [0.29, 0.717) is 30.0 Å². The summed E-state index contributed by atoms with van der Waals surface area (Å²) in [4.78, 5) is 0. The molecule has 0 unspecified atom stereocenters. The van der Waals surface area contributed by atoms with Crippen LogP contribution in [-0.2, 0) is 17.9 Å². The Hall–Kier alpha value is -1.21. The fourth-order valence-electron chi connectivity index (χ4n) is 1.49. The van der Waals surface area contributed by atoms with Crippen LogP contribution in [0.5, 0.6) is 5.19 Å². The number of methoxy groups -OCH3 is 1. The minimum atomic E-state index is 0.394. The van der Waals surface area contributed by atoms with Crippen LogP contribution in [0.3, 0.4) is 0 Å². The van der Waals surface area contributed by atoms with Crippen LogP contribution >= 0.6 is 22.9 Å². The molecule has 0 saturated heterocycles. The molecule has 0 fully saturated rings. The fraction of sp³-hybridized carbons (Fsp3) is 0.385.